The molecule has 0 saturated heterocycles. The van der Waals surface area contributed by atoms with Crippen LogP contribution in [0.15, 0.2) is 60.7 Å². The van der Waals surface area contributed by atoms with E-state index in [-0.39, 0.29) is 24.5 Å². The largest absolute Gasteiger partial charge is 0.454 e. The fourth-order valence-electron chi connectivity index (χ4n) is 2.97. The van der Waals surface area contributed by atoms with Crippen molar-refractivity contribution in [3.63, 3.8) is 0 Å². The van der Waals surface area contributed by atoms with E-state index in [1.807, 2.05) is 50.2 Å². The molecule has 0 aromatic heterocycles. The number of carbonyl (C=O) groups excluding carboxylic acids is 3. The topological polar surface area (TPSA) is 87.7 Å². The van der Waals surface area contributed by atoms with Gasteiger partial charge in [0.2, 0.25) is 0 Å². The van der Waals surface area contributed by atoms with Gasteiger partial charge in [-0.2, -0.15) is 0 Å². The standard InChI is InChI=1S/C24H31N3O4/c1-17(2)22(26-24(30)25-20-13-9-6-10-14-20)23(29)31-16-21(28)27(18(3)4)15-19-11-7-5-8-12-19/h5-14,17-18,22H,15-16H2,1-4H3,(H2,25,26,30)/t22-/m1/s1. The van der Waals surface area contributed by atoms with Gasteiger partial charge in [0.1, 0.15) is 6.04 Å². The summed E-state index contributed by atoms with van der Waals surface area (Å²) in [7, 11) is 0. The lowest BCUT2D eigenvalue weighted by molar-refractivity contribution is -0.155. The van der Waals surface area contributed by atoms with Crippen molar-refractivity contribution in [3.05, 3.63) is 66.2 Å². The minimum Gasteiger partial charge on any atom is -0.454 e. The quantitative estimate of drug-likeness (QED) is 0.598. The van der Waals surface area contributed by atoms with Crippen LogP contribution in [-0.4, -0.2) is 41.5 Å². The van der Waals surface area contributed by atoms with Crippen LogP contribution < -0.4 is 10.6 Å². The van der Waals surface area contributed by atoms with Gasteiger partial charge >= 0.3 is 12.0 Å². The van der Waals surface area contributed by atoms with Gasteiger partial charge in [0.25, 0.3) is 5.91 Å². The molecule has 0 aliphatic heterocycles. The molecule has 2 N–H and O–H groups in total. The summed E-state index contributed by atoms with van der Waals surface area (Å²) in [5.41, 5.74) is 1.61. The first-order chi connectivity index (χ1) is 14.8. The van der Waals surface area contributed by atoms with Gasteiger partial charge in [0, 0.05) is 18.3 Å². The van der Waals surface area contributed by atoms with E-state index in [1.165, 1.54) is 0 Å². The molecule has 0 aliphatic rings. The highest BCUT2D eigenvalue weighted by Gasteiger charge is 2.27. The average molecular weight is 426 g/mol. The van der Waals surface area contributed by atoms with E-state index in [0.29, 0.717) is 12.2 Å². The number of rotatable bonds is 9. The molecule has 31 heavy (non-hydrogen) atoms. The van der Waals surface area contributed by atoms with Crippen molar-refractivity contribution in [2.75, 3.05) is 11.9 Å². The number of carbonyl (C=O) groups is 3. The Balaban J connectivity index is 1.93. The molecular formula is C24H31N3O4. The maximum absolute atomic E-state index is 12.7. The van der Waals surface area contributed by atoms with Crippen molar-refractivity contribution in [2.24, 2.45) is 5.92 Å². The molecule has 0 saturated carbocycles. The Bertz CT molecular complexity index is 854. The molecule has 2 aromatic rings. The molecule has 7 heteroatoms. The summed E-state index contributed by atoms with van der Waals surface area (Å²) >= 11 is 0. The maximum atomic E-state index is 12.7. The average Bonchev–Trinajstić information content (AvgIpc) is 2.75. The first kappa shape index (κ1) is 23.9. The van der Waals surface area contributed by atoms with Crippen LogP contribution in [0.1, 0.15) is 33.3 Å². The Morgan fingerprint density at radius 3 is 2.03 bits per heavy atom. The molecule has 3 amide bonds. The SMILES string of the molecule is CC(C)[C@@H](NC(=O)Nc1ccccc1)C(=O)OCC(=O)N(Cc1ccccc1)C(C)C. The molecule has 0 spiro atoms. The summed E-state index contributed by atoms with van der Waals surface area (Å²) in [5.74, 6) is -1.15. The number of para-hydroxylation sites is 1. The Kier molecular flexibility index (Phi) is 9.06. The summed E-state index contributed by atoms with van der Waals surface area (Å²) in [6.45, 7) is 7.47. The van der Waals surface area contributed by atoms with Crippen LogP contribution in [0.3, 0.4) is 0 Å². The molecule has 0 radical (unpaired) electrons. The molecule has 2 aromatic carbocycles. The number of anilines is 1. The zero-order valence-corrected chi connectivity index (χ0v) is 18.5. The molecule has 0 aliphatic carbocycles. The minimum atomic E-state index is -0.877. The third kappa shape index (κ3) is 7.77. The number of benzene rings is 2. The van der Waals surface area contributed by atoms with Crippen molar-refractivity contribution in [1.29, 1.82) is 0 Å². The number of nitrogens with zero attached hydrogens (tertiary/aromatic N) is 1. The smallest absolute Gasteiger partial charge is 0.329 e. The number of urea groups is 1. The van der Waals surface area contributed by atoms with Crippen LogP contribution in [0.25, 0.3) is 0 Å². The summed E-state index contributed by atoms with van der Waals surface area (Å²) in [4.78, 5) is 39.2. The van der Waals surface area contributed by atoms with Crippen LogP contribution in [0.2, 0.25) is 0 Å². The van der Waals surface area contributed by atoms with Crippen molar-refractivity contribution in [2.45, 2.75) is 46.3 Å². The molecular weight excluding hydrogens is 394 g/mol. The number of ether oxygens (including phenoxy) is 1. The zero-order valence-electron chi connectivity index (χ0n) is 18.5. The highest BCUT2D eigenvalue weighted by Crippen LogP contribution is 2.11. The normalized spacial score (nSPS) is 11.7. The molecule has 0 bridgehead atoms. The number of esters is 1. The minimum absolute atomic E-state index is 0.0536. The van der Waals surface area contributed by atoms with Crippen molar-refractivity contribution >= 4 is 23.6 Å². The number of amides is 3. The van der Waals surface area contributed by atoms with Crippen molar-refractivity contribution < 1.29 is 19.1 Å². The summed E-state index contributed by atoms with van der Waals surface area (Å²) < 4.78 is 5.27. The van der Waals surface area contributed by atoms with Gasteiger partial charge in [-0.3, -0.25) is 4.79 Å². The molecule has 0 unspecified atom stereocenters. The van der Waals surface area contributed by atoms with Crippen LogP contribution in [0, 0.1) is 5.92 Å². The lowest BCUT2D eigenvalue weighted by Crippen LogP contribution is -2.48. The van der Waals surface area contributed by atoms with E-state index in [1.54, 1.807) is 43.0 Å². The Morgan fingerprint density at radius 1 is 0.903 bits per heavy atom. The van der Waals surface area contributed by atoms with Gasteiger partial charge in [-0.15, -0.1) is 0 Å². The van der Waals surface area contributed by atoms with E-state index in [9.17, 15) is 14.4 Å². The Labute approximate surface area is 183 Å². The Hall–Kier alpha value is -3.35. The van der Waals surface area contributed by atoms with Crippen LogP contribution in [-0.2, 0) is 20.9 Å². The second-order valence-electron chi connectivity index (χ2n) is 7.89. The second kappa shape index (κ2) is 11.7. The molecule has 2 rings (SSSR count). The molecule has 1 atom stereocenters. The number of nitrogens with one attached hydrogen (secondary N) is 2. The van der Waals surface area contributed by atoms with Crippen molar-refractivity contribution in [3.8, 4) is 0 Å². The highest BCUT2D eigenvalue weighted by molar-refractivity contribution is 5.93. The number of hydrogen-bond acceptors (Lipinski definition) is 4. The predicted molar refractivity (Wildman–Crippen MR) is 120 cm³/mol. The number of hydrogen-bond donors (Lipinski definition) is 2. The van der Waals surface area contributed by atoms with Crippen LogP contribution in [0.5, 0.6) is 0 Å². The fraction of sp³-hybridized carbons (Fsp3) is 0.375. The predicted octanol–water partition coefficient (Wildman–Crippen LogP) is 3.81. The summed E-state index contributed by atoms with van der Waals surface area (Å²) in [5, 5.41) is 5.31. The van der Waals surface area contributed by atoms with Gasteiger partial charge in [-0.05, 0) is 37.5 Å². The molecule has 7 nitrogen and oxygen atoms in total. The van der Waals surface area contributed by atoms with E-state index in [2.05, 4.69) is 10.6 Å². The van der Waals surface area contributed by atoms with Gasteiger partial charge in [0.15, 0.2) is 6.61 Å². The van der Waals surface area contributed by atoms with Gasteiger partial charge in [-0.1, -0.05) is 62.4 Å². The van der Waals surface area contributed by atoms with Crippen LogP contribution >= 0.6 is 0 Å². The monoisotopic (exact) mass is 425 g/mol. The third-order valence-corrected chi connectivity index (χ3v) is 4.72. The highest BCUT2D eigenvalue weighted by atomic mass is 16.5. The van der Waals surface area contributed by atoms with E-state index in [4.69, 9.17) is 4.74 Å². The van der Waals surface area contributed by atoms with E-state index >= 15 is 0 Å². The molecule has 0 heterocycles. The molecule has 166 valence electrons. The van der Waals surface area contributed by atoms with Gasteiger partial charge in [0.05, 0.1) is 0 Å². The summed E-state index contributed by atoms with van der Waals surface area (Å²) in [6.07, 6.45) is 0. The lowest BCUT2D eigenvalue weighted by atomic mass is 10.1. The van der Waals surface area contributed by atoms with Crippen molar-refractivity contribution in [1.82, 2.24) is 10.2 Å². The molecule has 0 fully saturated rings. The fourth-order valence-corrected chi connectivity index (χ4v) is 2.97. The maximum Gasteiger partial charge on any atom is 0.329 e. The first-order valence-corrected chi connectivity index (χ1v) is 10.4. The zero-order chi connectivity index (χ0) is 22.8. The lowest BCUT2D eigenvalue weighted by Gasteiger charge is -2.27. The van der Waals surface area contributed by atoms with E-state index < -0.39 is 18.0 Å². The third-order valence-electron chi connectivity index (χ3n) is 4.72. The first-order valence-electron chi connectivity index (χ1n) is 10.4. The second-order valence-corrected chi connectivity index (χ2v) is 7.89. The summed E-state index contributed by atoms with van der Waals surface area (Å²) in [6, 6.07) is 17.1. The Morgan fingerprint density at radius 2 is 1.48 bits per heavy atom. The van der Waals surface area contributed by atoms with Gasteiger partial charge in [-0.25, -0.2) is 9.59 Å². The van der Waals surface area contributed by atoms with Gasteiger partial charge < -0.3 is 20.3 Å². The van der Waals surface area contributed by atoms with Crippen LogP contribution in [0.4, 0.5) is 10.5 Å². The van der Waals surface area contributed by atoms with E-state index in [0.717, 1.165) is 5.56 Å².